The van der Waals surface area contributed by atoms with Crippen LogP contribution in [-0.4, -0.2) is 29.2 Å². The van der Waals surface area contributed by atoms with E-state index in [1.165, 1.54) is 6.42 Å². The highest BCUT2D eigenvalue weighted by molar-refractivity contribution is 6.36. The first-order chi connectivity index (χ1) is 6.54. The predicted octanol–water partition coefficient (Wildman–Crippen LogP) is 1.61. The zero-order valence-corrected chi connectivity index (χ0v) is 9.25. The van der Waals surface area contributed by atoms with Crippen molar-refractivity contribution in [2.75, 3.05) is 6.54 Å². The minimum Gasteiger partial charge on any atom is -0.333 e. The Morgan fingerprint density at radius 3 is 2.43 bits per heavy atom. The van der Waals surface area contributed by atoms with E-state index in [1.807, 2.05) is 6.92 Å². The van der Waals surface area contributed by atoms with Crippen molar-refractivity contribution in [1.82, 2.24) is 4.90 Å². The first-order valence-corrected chi connectivity index (χ1v) is 5.39. The topological polar surface area (TPSA) is 37.4 Å². The lowest BCUT2D eigenvalue weighted by molar-refractivity contribution is -0.148. The largest absolute Gasteiger partial charge is 0.333 e. The molecule has 1 saturated heterocycles. The van der Waals surface area contributed by atoms with Gasteiger partial charge in [0, 0.05) is 18.5 Å². The molecular formula is C11H19NO2. The minimum atomic E-state index is -0.285. The summed E-state index contributed by atoms with van der Waals surface area (Å²) in [5.41, 5.74) is 0. The lowest BCUT2D eigenvalue weighted by Crippen LogP contribution is -2.46. The van der Waals surface area contributed by atoms with Crippen molar-refractivity contribution >= 4 is 11.7 Å². The molecule has 3 heteroatoms. The van der Waals surface area contributed by atoms with Gasteiger partial charge in [0.1, 0.15) is 0 Å². The standard InChI is InChI=1S/C11H19NO2/c1-8(2)10(13)11(14)12-7-5-4-6-9(12)3/h8-9H,4-7H2,1-3H3/t9-/m1/s1. The second-order valence-corrected chi connectivity index (χ2v) is 4.36. The number of nitrogens with zero attached hydrogens (tertiary/aromatic N) is 1. The molecule has 14 heavy (non-hydrogen) atoms. The molecule has 0 N–H and O–H groups in total. The smallest absolute Gasteiger partial charge is 0.290 e. The molecule has 0 aliphatic carbocycles. The van der Waals surface area contributed by atoms with Gasteiger partial charge in [-0.3, -0.25) is 9.59 Å². The molecule has 1 amide bonds. The van der Waals surface area contributed by atoms with Crippen LogP contribution in [0.4, 0.5) is 0 Å². The van der Waals surface area contributed by atoms with Gasteiger partial charge in [-0.1, -0.05) is 13.8 Å². The van der Waals surface area contributed by atoms with E-state index >= 15 is 0 Å². The van der Waals surface area contributed by atoms with Crippen molar-refractivity contribution < 1.29 is 9.59 Å². The van der Waals surface area contributed by atoms with Crippen LogP contribution in [0.5, 0.6) is 0 Å². The van der Waals surface area contributed by atoms with Gasteiger partial charge in [0.15, 0.2) is 0 Å². The Labute approximate surface area is 85.5 Å². The summed E-state index contributed by atoms with van der Waals surface area (Å²) in [6.45, 7) is 6.31. The number of carbonyl (C=O) groups excluding carboxylic acids is 2. The zero-order chi connectivity index (χ0) is 10.7. The minimum absolute atomic E-state index is 0.184. The summed E-state index contributed by atoms with van der Waals surface area (Å²) in [6, 6.07) is 0.235. The van der Waals surface area contributed by atoms with Crippen LogP contribution < -0.4 is 0 Å². The molecule has 0 spiro atoms. The Hall–Kier alpha value is -0.860. The van der Waals surface area contributed by atoms with Crippen LogP contribution in [0, 0.1) is 5.92 Å². The predicted molar refractivity (Wildman–Crippen MR) is 54.9 cm³/mol. The quantitative estimate of drug-likeness (QED) is 0.631. The number of carbonyl (C=O) groups is 2. The Kier molecular flexibility index (Phi) is 3.67. The van der Waals surface area contributed by atoms with Crippen molar-refractivity contribution in [2.45, 2.75) is 46.1 Å². The van der Waals surface area contributed by atoms with E-state index in [1.54, 1.807) is 18.7 Å². The van der Waals surface area contributed by atoms with Gasteiger partial charge in [-0.2, -0.15) is 0 Å². The lowest BCUT2D eigenvalue weighted by atomic mass is 10.0. The molecule has 1 aliphatic rings. The van der Waals surface area contributed by atoms with E-state index < -0.39 is 0 Å². The highest BCUT2D eigenvalue weighted by atomic mass is 16.2. The van der Waals surface area contributed by atoms with E-state index in [0.29, 0.717) is 0 Å². The molecule has 0 unspecified atom stereocenters. The van der Waals surface area contributed by atoms with Gasteiger partial charge in [-0.05, 0) is 26.2 Å². The highest BCUT2D eigenvalue weighted by Gasteiger charge is 2.28. The van der Waals surface area contributed by atoms with E-state index in [4.69, 9.17) is 0 Å². The van der Waals surface area contributed by atoms with E-state index in [9.17, 15) is 9.59 Å². The average molecular weight is 197 g/mol. The van der Waals surface area contributed by atoms with Crippen LogP contribution in [0.25, 0.3) is 0 Å². The van der Waals surface area contributed by atoms with Crippen LogP contribution in [0.15, 0.2) is 0 Å². The number of amides is 1. The van der Waals surface area contributed by atoms with Crippen molar-refractivity contribution in [3.63, 3.8) is 0 Å². The summed E-state index contributed by atoms with van der Waals surface area (Å²) in [4.78, 5) is 25.0. The summed E-state index contributed by atoms with van der Waals surface area (Å²) in [5, 5.41) is 0. The molecule has 0 saturated carbocycles. The molecule has 1 atom stereocenters. The van der Waals surface area contributed by atoms with Crippen molar-refractivity contribution in [2.24, 2.45) is 5.92 Å². The molecule has 0 bridgehead atoms. The summed E-state index contributed by atoms with van der Waals surface area (Å²) in [7, 11) is 0. The highest BCUT2D eigenvalue weighted by Crippen LogP contribution is 2.17. The van der Waals surface area contributed by atoms with Crippen LogP contribution in [0.1, 0.15) is 40.0 Å². The van der Waals surface area contributed by atoms with E-state index in [-0.39, 0.29) is 23.7 Å². The molecule has 0 aromatic carbocycles. The monoisotopic (exact) mass is 197 g/mol. The van der Waals surface area contributed by atoms with Crippen molar-refractivity contribution in [3.8, 4) is 0 Å². The van der Waals surface area contributed by atoms with Gasteiger partial charge in [0.05, 0.1) is 0 Å². The van der Waals surface area contributed by atoms with Crippen molar-refractivity contribution in [1.29, 1.82) is 0 Å². The maximum absolute atomic E-state index is 11.7. The number of Topliss-reactive ketones (excluding diaryl/α,β-unsaturated/α-hetero) is 1. The molecule has 0 radical (unpaired) electrons. The maximum atomic E-state index is 11.7. The summed E-state index contributed by atoms with van der Waals surface area (Å²) in [5.74, 6) is -0.720. The Balaban J connectivity index is 2.63. The van der Waals surface area contributed by atoms with Crippen LogP contribution in [-0.2, 0) is 9.59 Å². The fourth-order valence-electron chi connectivity index (χ4n) is 1.79. The van der Waals surface area contributed by atoms with Gasteiger partial charge in [0.2, 0.25) is 5.78 Å². The summed E-state index contributed by atoms with van der Waals surface area (Å²) < 4.78 is 0. The molecule has 3 nitrogen and oxygen atoms in total. The number of hydrogen-bond donors (Lipinski definition) is 0. The number of hydrogen-bond acceptors (Lipinski definition) is 2. The number of piperidine rings is 1. The Morgan fingerprint density at radius 1 is 1.29 bits per heavy atom. The normalized spacial score (nSPS) is 22.6. The SMILES string of the molecule is CC(C)C(=O)C(=O)N1CCCC[C@H]1C. The molecule has 1 aliphatic heterocycles. The second kappa shape index (κ2) is 4.58. The van der Waals surface area contributed by atoms with E-state index in [2.05, 4.69) is 0 Å². The third-order valence-corrected chi connectivity index (χ3v) is 2.80. The molecule has 1 rings (SSSR count). The average Bonchev–Trinajstić information content (AvgIpc) is 2.16. The molecule has 0 aromatic heterocycles. The Morgan fingerprint density at radius 2 is 1.93 bits per heavy atom. The number of rotatable bonds is 2. The fourth-order valence-corrected chi connectivity index (χ4v) is 1.79. The lowest BCUT2D eigenvalue weighted by Gasteiger charge is -2.33. The molecule has 1 fully saturated rings. The fraction of sp³-hybridized carbons (Fsp3) is 0.818. The molecule has 1 heterocycles. The van der Waals surface area contributed by atoms with Gasteiger partial charge in [0.25, 0.3) is 5.91 Å². The van der Waals surface area contributed by atoms with Crippen LogP contribution in [0.2, 0.25) is 0 Å². The van der Waals surface area contributed by atoms with Crippen LogP contribution >= 0.6 is 0 Å². The summed E-state index contributed by atoms with van der Waals surface area (Å²) >= 11 is 0. The summed E-state index contributed by atoms with van der Waals surface area (Å²) in [6.07, 6.45) is 3.22. The number of ketones is 1. The molecule has 80 valence electrons. The first kappa shape index (κ1) is 11.2. The van der Waals surface area contributed by atoms with Gasteiger partial charge in [-0.25, -0.2) is 0 Å². The third kappa shape index (κ3) is 2.34. The zero-order valence-electron chi connectivity index (χ0n) is 9.25. The van der Waals surface area contributed by atoms with Crippen LogP contribution in [0.3, 0.4) is 0 Å². The van der Waals surface area contributed by atoms with Gasteiger partial charge < -0.3 is 4.90 Å². The molecular weight excluding hydrogens is 178 g/mol. The van der Waals surface area contributed by atoms with Gasteiger partial charge >= 0.3 is 0 Å². The maximum Gasteiger partial charge on any atom is 0.290 e. The number of likely N-dealkylation sites (tertiary alicyclic amines) is 1. The van der Waals surface area contributed by atoms with Gasteiger partial charge in [-0.15, -0.1) is 0 Å². The molecule has 0 aromatic rings. The third-order valence-electron chi connectivity index (χ3n) is 2.80. The van der Waals surface area contributed by atoms with Crippen molar-refractivity contribution in [3.05, 3.63) is 0 Å². The van der Waals surface area contributed by atoms with E-state index in [0.717, 1.165) is 19.4 Å². The first-order valence-electron chi connectivity index (χ1n) is 5.39. The second-order valence-electron chi connectivity index (χ2n) is 4.36. The Bertz CT molecular complexity index is 235.